The van der Waals surface area contributed by atoms with Gasteiger partial charge in [0.2, 0.25) is 0 Å². The van der Waals surface area contributed by atoms with E-state index in [9.17, 15) is 5.11 Å². The highest BCUT2D eigenvalue weighted by atomic mass is 16.7. The molecule has 1 fully saturated rings. The summed E-state index contributed by atoms with van der Waals surface area (Å²) in [5.74, 6) is -0.520. The molecule has 2 atom stereocenters. The first kappa shape index (κ1) is 12.9. The lowest BCUT2D eigenvalue weighted by Crippen LogP contribution is -2.50. The molecular formula is C12H24O3. The molecule has 0 aliphatic carbocycles. The minimum atomic E-state index is -0.520. The largest absolute Gasteiger partial charge is 0.392 e. The topological polar surface area (TPSA) is 38.7 Å². The monoisotopic (exact) mass is 216 g/mol. The van der Waals surface area contributed by atoms with Gasteiger partial charge in [0.25, 0.3) is 0 Å². The lowest BCUT2D eigenvalue weighted by molar-refractivity contribution is -0.298. The predicted molar refractivity (Wildman–Crippen MR) is 59.6 cm³/mol. The van der Waals surface area contributed by atoms with Gasteiger partial charge < -0.3 is 14.6 Å². The molecule has 0 unspecified atom stereocenters. The van der Waals surface area contributed by atoms with Crippen molar-refractivity contribution in [2.24, 2.45) is 5.41 Å². The van der Waals surface area contributed by atoms with Gasteiger partial charge in [-0.05, 0) is 26.7 Å². The third kappa shape index (κ3) is 2.92. The molecule has 3 heteroatoms. The summed E-state index contributed by atoms with van der Waals surface area (Å²) in [4.78, 5) is 0. The minimum Gasteiger partial charge on any atom is -0.392 e. The van der Waals surface area contributed by atoms with E-state index in [1.165, 1.54) is 0 Å². The second-order valence-electron chi connectivity index (χ2n) is 5.39. The fourth-order valence-corrected chi connectivity index (χ4v) is 2.11. The lowest BCUT2D eigenvalue weighted by Gasteiger charge is -2.45. The second-order valence-corrected chi connectivity index (χ2v) is 5.39. The highest BCUT2D eigenvalue weighted by molar-refractivity contribution is 4.88. The van der Waals surface area contributed by atoms with Gasteiger partial charge in [-0.1, -0.05) is 20.8 Å². The Labute approximate surface area is 92.8 Å². The van der Waals surface area contributed by atoms with Crippen molar-refractivity contribution in [2.75, 3.05) is 6.61 Å². The van der Waals surface area contributed by atoms with E-state index in [0.717, 1.165) is 12.8 Å². The van der Waals surface area contributed by atoms with E-state index in [0.29, 0.717) is 6.61 Å². The van der Waals surface area contributed by atoms with Gasteiger partial charge in [-0.3, -0.25) is 0 Å². The van der Waals surface area contributed by atoms with Crippen molar-refractivity contribution >= 4 is 0 Å². The van der Waals surface area contributed by atoms with Crippen molar-refractivity contribution in [1.82, 2.24) is 0 Å². The molecule has 3 nitrogen and oxygen atoms in total. The third-order valence-electron chi connectivity index (χ3n) is 3.33. The molecule has 1 aliphatic rings. The Balaban J connectivity index is 2.70. The molecule has 0 radical (unpaired) electrons. The maximum Gasteiger partial charge on any atom is 0.163 e. The molecule has 1 saturated heterocycles. The van der Waals surface area contributed by atoms with Crippen LogP contribution in [0.3, 0.4) is 0 Å². The van der Waals surface area contributed by atoms with Crippen LogP contribution >= 0.6 is 0 Å². The quantitative estimate of drug-likeness (QED) is 0.787. The fraction of sp³-hybridized carbons (Fsp3) is 1.00. The van der Waals surface area contributed by atoms with E-state index < -0.39 is 5.79 Å². The van der Waals surface area contributed by atoms with Gasteiger partial charge in [-0.25, -0.2) is 0 Å². The van der Waals surface area contributed by atoms with E-state index in [2.05, 4.69) is 13.8 Å². The first-order chi connectivity index (χ1) is 6.79. The summed E-state index contributed by atoms with van der Waals surface area (Å²) in [6.45, 7) is 10.7. The standard InChI is InChI=1S/C12H24O3/c1-6-9(13)11(2,3)10-7-8-14-12(4,5)15-10/h9-10,13H,6-8H2,1-5H3/t9-,10-/m0/s1. The highest BCUT2D eigenvalue weighted by Crippen LogP contribution is 2.36. The molecule has 1 heterocycles. The maximum absolute atomic E-state index is 9.99. The number of ether oxygens (including phenoxy) is 2. The molecular weight excluding hydrogens is 192 g/mol. The van der Waals surface area contributed by atoms with Gasteiger partial charge in [-0.2, -0.15) is 0 Å². The number of aliphatic hydroxyl groups is 1. The summed E-state index contributed by atoms with van der Waals surface area (Å²) in [6, 6.07) is 0. The zero-order valence-electron chi connectivity index (χ0n) is 10.5. The Morgan fingerprint density at radius 2 is 2.07 bits per heavy atom. The first-order valence-electron chi connectivity index (χ1n) is 5.79. The van der Waals surface area contributed by atoms with Crippen molar-refractivity contribution in [3.8, 4) is 0 Å². The van der Waals surface area contributed by atoms with Crippen molar-refractivity contribution in [1.29, 1.82) is 0 Å². The van der Waals surface area contributed by atoms with Gasteiger partial charge in [0.1, 0.15) is 0 Å². The summed E-state index contributed by atoms with van der Waals surface area (Å²) in [7, 11) is 0. The van der Waals surface area contributed by atoms with Crippen molar-refractivity contribution in [3.63, 3.8) is 0 Å². The Morgan fingerprint density at radius 3 is 2.53 bits per heavy atom. The van der Waals surface area contributed by atoms with Gasteiger partial charge in [0, 0.05) is 5.41 Å². The van der Waals surface area contributed by atoms with E-state index in [4.69, 9.17) is 9.47 Å². The average molecular weight is 216 g/mol. The van der Waals surface area contributed by atoms with Gasteiger partial charge >= 0.3 is 0 Å². The number of hydrogen-bond acceptors (Lipinski definition) is 3. The van der Waals surface area contributed by atoms with Crippen LogP contribution in [0.2, 0.25) is 0 Å². The van der Waals surface area contributed by atoms with Crippen LogP contribution < -0.4 is 0 Å². The van der Waals surface area contributed by atoms with Gasteiger partial charge in [-0.15, -0.1) is 0 Å². The SMILES string of the molecule is CC[C@H](O)C(C)(C)[C@@H]1CCOC(C)(C)O1. The molecule has 1 rings (SSSR count). The highest BCUT2D eigenvalue weighted by Gasteiger charge is 2.42. The Kier molecular flexibility index (Phi) is 3.80. The zero-order valence-corrected chi connectivity index (χ0v) is 10.5. The van der Waals surface area contributed by atoms with Crippen molar-refractivity contribution < 1.29 is 14.6 Å². The van der Waals surface area contributed by atoms with Gasteiger partial charge in [0.05, 0.1) is 18.8 Å². The predicted octanol–water partition coefficient (Wildman–Crippen LogP) is 2.33. The Morgan fingerprint density at radius 1 is 1.47 bits per heavy atom. The number of hydrogen-bond donors (Lipinski definition) is 1. The van der Waals surface area contributed by atoms with Gasteiger partial charge in [0.15, 0.2) is 5.79 Å². The summed E-state index contributed by atoms with van der Waals surface area (Å²) >= 11 is 0. The van der Waals surface area contributed by atoms with Crippen LogP contribution in [-0.4, -0.2) is 29.7 Å². The number of aliphatic hydroxyl groups excluding tert-OH is 1. The summed E-state index contributed by atoms with van der Waals surface area (Å²) in [5, 5.41) is 9.99. The molecule has 0 spiro atoms. The van der Waals surface area contributed by atoms with E-state index in [1.807, 2.05) is 20.8 Å². The molecule has 0 amide bonds. The molecule has 1 aliphatic heterocycles. The van der Waals surface area contributed by atoms with E-state index >= 15 is 0 Å². The minimum absolute atomic E-state index is 0.0659. The molecule has 0 saturated carbocycles. The maximum atomic E-state index is 9.99. The molecule has 1 N–H and O–H groups in total. The molecule has 15 heavy (non-hydrogen) atoms. The Bertz CT molecular complexity index is 211. The molecule has 90 valence electrons. The normalized spacial score (nSPS) is 28.8. The van der Waals surface area contributed by atoms with E-state index in [-0.39, 0.29) is 17.6 Å². The first-order valence-corrected chi connectivity index (χ1v) is 5.79. The molecule has 0 aromatic rings. The van der Waals surface area contributed by atoms with Crippen molar-refractivity contribution in [2.45, 2.75) is 65.5 Å². The van der Waals surface area contributed by atoms with Crippen LogP contribution in [0, 0.1) is 5.41 Å². The van der Waals surface area contributed by atoms with Crippen LogP contribution in [0.25, 0.3) is 0 Å². The fourth-order valence-electron chi connectivity index (χ4n) is 2.11. The lowest BCUT2D eigenvalue weighted by atomic mass is 9.78. The van der Waals surface area contributed by atoms with Crippen LogP contribution in [0.5, 0.6) is 0 Å². The summed E-state index contributed by atoms with van der Waals surface area (Å²) < 4.78 is 11.4. The third-order valence-corrected chi connectivity index (χ3v) is 3.33. The second kappa shape index (κ2) is 4.40. The van der Waals surface area contributed by atoms with Crippen LogP contribution in [0.1, 0.15) is 47.5 Å². The Hall–Kier alpha value is -0.120. The molecule has 0 aromatic carbocycles. The summed E-state index contributed by atoms with van der Waals surface area (Å²) in [6.07, 6.45) is 1.36. The van der Waals surface area contributed by atoms with E-state index in [1.54, 1.807) is 0 Å². The average Bonchev–Trinajstić information content (AvgIpc) is 2.15. The smallest absolute Gasteiger partial charge is 0.163 e. The molecule has 0 bridgehead atoms. The van der Waals surface area contributed by atoms with Crippen LogP contribution in [-0.2, 0) is 9.47 Å². The van der Waals surface area contributed by atoms with Crippen LogP contribution in [0.15, 0.2) is 0 Å². The zero-order chi connectivity index (χ0) is 11.7. The number of rotatable bonds is 3. The van der Waals surface area contributed by atoms with Crippen molar-refractivity contribution in [3.05, 3.63) is 0 Å². The summed E-state index contributed by atoms with van der Waals surface area (Å²) in [5.41, 5.74) is -0.212. The van der Waals surface area contributed by atoms with Crippen LogP contribution in [0.4, 0.5) is 0 Å². The molecule has 0 aromatic heterocycles.